The van der Waals surface area contributed by atoms with Crippen LogP contribution >= 0.6 is 0 Å². The number of hydrogen-bond acceptors (Lipinski definition) is 11. The fraction of sp³-hybridized carbons (Fsp3) is 0.791. The van der Waals surface area contributed by atoms with E-state index in [2.05, 4.69) is 81.5 Å². The Balaban J connectivity index is 2.65. The van der Waals surface area contributed by atoms with Gasteiger partial charge in [-0.3, -0.25) is 14.4 Å². The lowest BCUT2D eigenvalue weighted by Crippen LogP contribution is -2.61. The van der Waals surface area contributed by atoms with Gasteiger partial charge in [-0.2, -0.15) is 0 Å². The minimum atomic E-state index is -1.91. The molecule has 0 spiro atoms. The second-order valence-corrected chi connectivity index (χ2v) is 22.0. The standard InChI is InChI=1S/C67H116O12/c1-4-7-10-13-16-19-22-25-27-29-30-32-34-37-40-43-46-49-52-55-61(70)78-65-63(72)62(71)64(66(73)74)79-67(65)76-57-58(77-60(69)54-51-48-45-42-39-35-24-21-18-15-12-9-6-3)56-75-59(68)53-50-47-44-41-38-36-33-31-28-26-23-20-17-14-11-8-5-2/h16-17,19-21,24-28,58,62-65,67,71-72H,4-15,18,22-23,29-57H2,1-3H3,(H,73,74)/b19-16-,20-17-,24-21-,27-25-,28-26-. The molecule has 12 nitrogen and oxygen atoms in total. The van der Waals surface area contributed by atoms with E-state index in [4.69, 9.17) is 23.7 Å². The highest BCUT2D eigenvalue weighted by molar-refractivity contribution is 5.74. The van der Waals surface area contributed by atoms with Gasteiger partial charge in [-0.05, 0) is 109 Å². The summed E-state index contributed by atoms with van der Waals surface area (Å²) in [6, 6.07) is 0. The van der Waals surface area contributed by atoms with Gasteiger partial charge in [0, 0.05) is 19.3 Å². The summed E-state index contributed by atoms with van der Waals surface area (Å²) in [5, 5.41) is 31.6. The van der Waals surface area contributed by atoms with Gasteiger partial charge in [-0.15, -0.1) is 0 Å². The van der Waals surface area contributed by atoms with E-state index in [1.165, 1.54) is 116 Å². The lowest BCUT2D eigenvalue weighted by Gasteiger charge is -2.40. The van der Waals surface area contributed by atoms with E-state index in [0.717, 1.165) is 116 Å². The van der Waals surface area contributed by atoms with Crippen molar-refractivity contribution in [2.45, 2.75) is 327 Å². The summed E-state index contributed by atoms with van der Waals surface area (Å²) < 4.78 is 28.5. The largest absolute Gasteiger partial charge is 0.479 e. The number of carboxylic acids is 1. The molecule has 3 N–H and O–H groups in total. The van der Waals surface area contributed by atoms with Crippen molar-refractivity contribution in [1.82, 2.24) is 0 Å². The normalized spacial score (nSPS) is 18.2. The zero-order chi connectivity index (χ0) is 57.5. The zero-order valence-electron chi connectivity index (χ0n) is 50.4. The first-order valence-electron chi connectivity index (χ1n) is 32.3. The highest BCUT2D eigenvalue weighted by atomic mass is 16.7. The molecule has 12 heteroatoms. The quantitative estimate of drug-likeness (QED) is 0.0228. The molecule has 0 amide bonds. The number of unbranched alkanes of at least 4 members (excludes halogenated alkanes) is 31. The van der Waals surface area contributed by atoms with E-state index in [0.29, 0.717) is 19.3 Å². The number of hydrogen-bond donors (Lipinski definition) is 3. The number of allylic oxidation sites excluding steroid dienone is 10. The molecule has 1 aliphatic heterocycles. The first kappa shape index (κ1) is 73.4. The Bertz CT molecular complexity index is 1600. The molecule has 0 aromatic rings. The van der Waals surface area contributed by atoms with Crippen LogP contribution in [-0.2, 0) is 42.9 Å². The fourth-order valence-corrected chi connectivity index (χ4v) is 9.54. The van der Waals surface area contributed by atoms with Gasteiger partial charge >= 0.3 is 23.9 Å². The first-order valence-corrected chi connectivity index (χ1v) is 32.3. The van der Waals surface area contributed by atoms with Crippen LogP contribution in [-0.4, -0.2) is 89.2 Å². The Hall–Kier alpha value is -3.58. The van der Waals surface area contributed by atoms with Crippen molar-refractivity contribution in [2.24, 2.45) is 0 Å². The van der Waals surface area contributed by atoms with Crippen LogP contribution in [0.1, 0.15) is 290 Å². The van der Waals surface area contributed by atoms with Gasteiger partial charge in [0.15, 0.2) is 24.6 Å². The summed E-state index contributed by atoms with van der Waals surface area (Å²) in [5.41, 5.74) is 0. The molecule has 79 heavy (non-hydrogen) atoms. The summed E-state index contributed by atoms with van der Waals surface area (Å²) in [4.78, 5) is 51.3. The van der Waals surface area contributed by atoms with E-state index in [1.807, 2.05) is 0 Å². The Kier molecular flexibility index (Phi) is 51.1. The zero-order valence-corrected chi connectivity index (χ0v) is 50.4. The van der Waals surface area contributed by atoms with Crippen molar-refractivity contribution < 1.29 is 58.2 Å². The highest BCUT2D eigenvalue weighted by Crippen LogP contribution is 2.27. The maximum atomic E-state index is 13.2. The molecule has 1 aliphatic rings. The Morgan fingerprint density at radius 1 is 0.418 bits per heavy atom. The summed E-state index contributed by atoms with van der Waals surface area (Å²) in [6.07, 6.45) is 56.0. The lowest BCUT2D eigenvalue weighted by molar-refractivity contribution is -0.301. The van der Waals surface area contributed by atoms with E-state index in [9.17, 15) is 34.5 Å². The van der Waals surface area contributed by atoms with Gasteiger partial charge in [-0.1, -0.05) is 223 Å². The van der Waals surface area contributed by atoms with Crippen LogP contribution in [0.15, 0.2) is 60.8 Å². The maximum Gasteiger partial charge on any atom is 0.335 e. The fourth-order valence-electron chi connectivity index (χ4n) is 9.54. The maximum absolute atomic E-state index is 13.2. The van der Waals surface area contributed by atoms with Gasteiger partial charge in [0.05, 0.1) is 6.61 Å². The highest BCUT2D eigenvalue weighted by Gasteiger charge is 2.50. The van der Waals surface area contributed by atoms with Gasteiger partial charge < -0.3 is 39.0 Å². The van der Waals surface area contributed by atoms with Crippen molar-refractivity contribution in [3.05, 3.63) is 60.8 Å². The van der Waals surface area contributed by atoms with Crippen molar-refractivity contribution in [3.63, 3.8) is 0 Å². The number of carboxylic acid groups (broad SMARTS) is 1. The second kappa shape index (κ2) is 55.0. The summed E-state index contributed by atoms with van der Waals surface area (Å²) in [6.45, 7) is 5.94. The van der Waals surface area contributed by atoms with E-state index >= 15 is 0 Å². The number of ether oxygens (including phenoxy) is 5. The van der Waals surface area contributed by atoms with Gasteiger partial charge in [-0.25, -0.2) is 4.79 Å². The Morgan fingerprint density at radius 2 is 0.759 bits per heavy atom. The summed E-state index contributed by atoms with van der Waals surface area (Å²) in [7, 11) is 0. The third-order valence-corrected chi connectivity index (χ3v) is 14.5. The minimum Gasteiger partial charge on any atom is -0.479 e. The van der Waals surface area contributed by atoms with Crippen LogP contribution in [0.4, 0.5) is 0 Å². The molecule has 1 fully saturated rings. The molecule has 0 aliphatic carbocycles. The van der Waals surface area contributed by atoms with Crippen molar-refractivity contribution in [1.29, 1.82) is 0 Å². The molecule has 6 atom stereocenters. The molecular weight excluding hydrogens is 997 g/mol. The SMILES string of the molecule is CCCCC/C=C\C/C=C\CCCCCCCCCCCC(=O)OC1C(OCC(COC(=O)CCCCCCCCC/C=C\C/C=C\CCCCC)OC(=O)CCCCCCC/C=C\CCCCCC)OC(C(=O)O)C(O)C1O. The molecule has 0 saturated carbocycles. The molecule has 456 valence electrons. The van der Waals surface area contributed by atoms with E-state index in [1.54, 1.807) is 0 Å². The van der Waals surface area contributed by atoms with Gasteiger partial charge in [0.1, 0.15) is 18.8 Å². The summed E-state index contributed by atoms with van der Waals surface area (Å²) in [5.74, 6) is -3.13. The first-order chi connectivity index (χ1) is 38.6. The number of aliphatic carboxylic acids is 1. The van der Waals surface area contributed by atoms with Crippen LogP contribution in [0.5, 0.6) is 0 Å². The second-order valence-electron chi connectivity index (χ2n) is 22.0. The molecule has 1 rings (SSSR count). The average molecular weight is 1110 g/mol. The minimum absolute atomic E-state index is 0.0541. The number of esters is 3. The predicted octanol–water partition coefficient (Wildman–Crippen LogP) is 17.1. The third-order valence-electron chi connectivity index (χ3n) is 14.5. The average Bonchev–Trinajstić information content (AvgIpc) is 3.46. The third kappa shape index (κ3) is 44.7. The molecule has 1 saturated heterocycles. The molecule has 0 aromatic heterocycles. The molecule has 0 radical (unpaired) electrons. The molecule has 1 heterocycles. The number of aliphatic hydroxyl groups excluding tert-OH is 2. The molecule has 0 aromatic carbocycles. The molecule has 6 unspecified atom stereocenters. The Morgan fingerprint density at radius 3 is 1.18 bits per heavy atom. The number of rotatable bonds is 55. The van der Waals surface area contributed by atoms with Crippen molar-refractivity contribution >= 4 is 23.9 Å². The van der Waals surface area contributed by atoms with Crippen LogP contribution in [0.2, 0.25) is 0 Å². The summed E-state index contributed by atoms with van der Waals surface area (Å²) >= 11 is 0. The van der Waals surface area contributed by atoms with Gasteiger partial charge in [0.2, 0.25) is 0 Å². The predicted molar refractivity (Wildman–Crippen MR) is 322 cm³/mol. The topological polar surface area (TPSA) is 175 Å². The Labute approximate surface area is 481 Å². The van der Waals surface area contributed by atoms with Crippen LogP contribution in [0, 0.1) is 0 Å². The van der Waals surface area contributed by atoms with Crippen molar-refractivity contribution in [3.8, 4) is 0 Å². The van der Waals surface area contributed by atoms with Crippen molar-refractivity contribution in [2.75, 3.05) is 13.2 Å². The van der Waals surface area contributed by atoms with Crippen LogP contribution in [0.25, 0.3) is 0 Å². The number of aliphatic hydroxyl groups is 2. The number of carbonyl (C=O) groups excluding carboxylic acids is 3. The lowest BCUT2D eigenvalue weighted by atomic mass is 9.98. The number of carbonyl (C=O) groups is 4. The molecule has 0 bridgehead atoms. The monoisotopic (exact) mass is 1110 g/mol. The van der Waals surface area contributed by atoms with E-state index < -0.39 is 67.3 Å². The van der Waals surface area contributed by atoms with Crippen LogP contribution in [0.3, 0.4) is 0 Å². The van der Waals surface area contributed by atoms with Crippen LogP contribution < -0.4 is 0 Å². The van der Waals surface area contributed by atoms with E-state index in [-0.39, 0.29) is 25.9 Å². The molecular formula is C67H116O12. The van der Waals surface area contributed by atoms with Gasteiger partial charge in [0.25, 0.3) is 0 Å². The smallest absolute Gasteiger partial charge is 0.335 e.